The van der Waals surface area contributed by atoms with Gasteiger partial charge in [0.1, 0.15) is 11.5 Å². The zero-order valence-corrected chi connectivity index (χ0v) is 17.3. The van der Waals surface area contributed by atoms with Crippen LogP contribution in [-0.4, -0.2) is 53.1 Å². The van der Waals surface area contributed by atoms with Crippen LogP contribution in [0.25, 0.3) is 0 Å². The maximum Gasteiger partial charge on any atom is 0.260 e. The van der Waals surface area contributed by atoms with Crippen LogP contribution in [0.5, 0.6) is 11.5 Å². The second kappa shape index (κ2) is 8.07. The van der Waals surface area contributed by atoms with Crippen molar-refractivity contribution in [3.05, 3.63) is 60.2 Å². The van der Waals surface area contributed by atoms with Crippen LogP contribution in [0.1, 0.15) is 38.3 Å². The van der Waals surface area contributed by atoms with Gasteiger partial charge in [-0.05, 0) is 56.5 Å². The van der Waals surface area contributed by atoms with Gasteiger partial charge in [0, 0.05) is 37.1 Å². The maximum atomic E-state index is 12.6. The van der Waals surface area contributed by atoms with Gasteiger partial charge in [-0.15, -0.1) is 0 Å². The van der Waals surface area contributed by atoms with E-state index in [1.54, 1.807) is 12.1 Å². The lowest BCUT2D eigenvalue weighted by molar-refractivity contribution is -0.149. The highest BCUT2D eigenvalue weighted by Gasteiger charge is 2.54. The summed E-state index contributed by atoms with van der Waals surface area (Å²) >= 11 is 0. The molecule has 5 heteroatoms. The van der Waals surface area contributed by atoms with Gasteiger partial charge in [-0.1, -0.05) is 30.3 Å². The molecule has 0 aromatic heterocycles. The molecule has 2 fully saturated rings. The molecular formula is C24H30N2O3. The standard InChI is InChI=1S/C24H30N2O3/c1-18(2)26-17-24(23(26)19-8-10-20(27)11-9-19)12-14-25(15-13-24)22(28)16-29-21-6-4-3-5-7-21/h3-11,18,23,27H,12-17H2,1-2H3. The summed E-state index contributed by atoms with van der Waals surface area (Å²) in [4.78, 5) is 17.1. The van der Waals surface area contributed by atoms with Crippen LogP contribution in [0, 0.1) is 5.41 Å². The number of phenolic OH excluding ortho intramolecular Hbond substituents is 1. The molecule has 1 N–H and O–H groups in total. The number of para-hydroxylation sites is 1. The Morgan fingerprint density at radius 2 is 1.76 bits per heavy atom. The van der Waals surface area contributed by atoms with Crippen molar-refractivity contribution in [3.8, 4) is 11.5 Å². The fraction of sp³-hybridized carbons (Fsp3) is 0.458. The van der Waals surface area contributed by atoms with E-state index in [1.807, 2.05) is 47.4 Å². The van der Waals surface area contributed by atoms with Crippen molar-refractivity contribution in [1.29, 1.82) is 0 Å². The number of phenols is 1. The second-order valence-corrected chi connectivity index (χ2v) is 8.61. The van der Waals surface area contributed by atoms with E-state index in [-0.39, 0.29) is 17.9 Å². The lowest BCUT2D eigenvalue weighted by atomic mass is 9.62. The Balaban J connectivity index is 1.39. The Bertz CT molecular complexity index is 827. The number of aromatic hydroxyl groups is 1. The van der Waals surface area contributed by atoms with Crippen molar-refractivity contribution in [2.75, 3.05) is 26.2 Å². The first kappa shape index (κ1) is 19.8. The molecule has 1 unspecified atom stereocenters. The van der Waals surface area contributed by atoms with Gasteiger partial charge >= 0.3 is 0 Å². The van der Waals surface area contributed by atoms with Gasteiger partial charge in [0.2, 0.25) is 0 Å². The molecule has 2 aromatic rings. The summed E-state index contributed by atoms with van der Waals surface area (Å²) in [6, 6.07) is 17.9. The lowest BCUT2D eigenvalue weighted by Crippen LogP contribution is -2.64. The first-order chi connectivity index (χ1) is 14.0. The maximum absolute atomic E-state index is 12.6. The van der Waals surface area contributed by atoms with Gasteiger partial charge in [0.05, 0.1) is 0 Å². The number of benzene rings is 2. The van der Waals surface area contributed by atoms with Crippen molar-refractivity contribution < 1.29 is 14.6 Å². The first-order valence-corrected chi connectivity index (χ1v) is 10.5. The average molecular weight is 395 g/mol. The van der Waals surface area contributed by atoms with Gasteiger partial charge in [-0.2, -0.15) is 0 Å². The third kappa shape index (κ3) is 3.97. The Kier molecular flexibility index (Phi) is 5.50. The van der Waals surface area contributed by atoms with Crippen LogP contribution in [0.2, 0.25) is 0 Å². The number of carbonyl (C=O) groups excluding carboxylic acids is 1. The van der Waals surface area contributed by atoms with Gasteiger partial charge < -0.3 is 14.7 Å². The number of piperidine rings is 1. The Labute approximate surface area is 172 Å². The zero-order valence-electron chi connectivity index (χ0n) is 17.3. The molecule has 2 aliphatic heterocycles. The highest BCUT2D eigenvalue weighted by atomic mass is 16.5. The Morgan fingerprint density at radius 3 is 2.38 bits per heavy atom. The van der Waals surface area contributed by atoms with Crippen molar-refractivity contribution >= 4 is 5.91 Å². The number of ether oxygens (including phenoxy) is 1. The number of likely N-dealkylation sites (tertiary alicyclic amines) is 2. The van der Waals surface area contributed by atoms with Gasteiger partial charge in [0.15, 0.2) is 6.61 Å². The molecule has 2 heterocycles. The molecule has 5 nitrogen and oxygen atoms in total. The van der Waals surface area contributed by atoms with E-state index in [2.05, 4.69) is 18.7 Å². The minimum absolute atomic E-state index is 0.0601. The van der Waals surface area contributed by atoms with Crippen LogP contribution in [0.3, 0.4) is 0 Å². The van der Waals surface area contributed by atoms with Crippen molar-refractivity contribution in [3.63, 3.8) is 0 Å². The third-order valence-electron chi connectivity index (χ3n) is 6.50. The van der Waals surface area contributed by atoms with Crippen LogP contribution < -0.4 is 4.74 Å². The summed E-state index contributed by atoms with van der Waals surface area (Å²) in [6.07, 6.45) is 2.00. The van der Waals surface area contributed by atoms with E-state index in [0.29, 0.717) is 17.8 Å². The van der Waals surface area contributed by atoms with Gasteiger partial charge in [-0.25, -0.2) is 0 Å². The normalized spacial score (nSPS) is 21.2. The molecule has 1 amide bonds. The third-order valence-corrected chi connectivity index (χ3v) is 6.50. The van der Waals surface area contributed by atoms with E-state index >= 15 is 0 Å². The summed E-state index contributed by atoms with van der Waals surface area (Å²) in [5.74, 6) is 1.09. The lowest BCUT2D eigenvalue weighted by Gasteiger charge is -2.62. The van der Waals surface area contributed by atoms with E-state index in [0.717, 1.165) is 38.2 Å². The highest BCUT2D eigenvalue weighted by molar-refractivity contribution is 5.77. The van der Waals surface area contributed by atoms with E-state index in [1.165, 1.54) is 5.56 Å². The smallest absolute Gasteiger partial charge is 0.260 e. The first-order valence-electron chi connectivity index (χ1n) is 10.5. The Morgan fingerprint density at radius 1 is 1.10 bits per heavy atom. The fourth-order valence-electron chi connectivity index (χ4n) is 4.85. The zero-order chi connectivity index (χ0) is 20.4. The number of nitrogens with zero attached hydrogens (tertiary/aromatic N) is 2. The van der Waals surface area contributed by atoms with Crippen molar-refractivity contribution in [1.82, 2.24) is 9.80 Å². The summed E-state index contributed by atoms with van der Waals surface area (Å²) in [5.41, 5.74) is 1.47. The number of hydrogen-bond donors (Lipinski definition) is 1. The minimum atomic E-state index is 0.0601. The molecule has 154 valence electrons. The molecule has 0 aliphatic carbocycles. The number of hydrogen-bond acceptors (Lipinski definition) is 4. The highest BCUT2D eigenvalue weighted by Crippen LogP contribution is 2.55. The topological polar surface area (TPSA) is 53.0 Å². The van der Waals surface area contributed by atoms with Crippen LogP contribution in [0.4, 0.5) is 0 Å². The number of amides is 1. The van der Waals surface area contributed by atoms with E-state index in [9.17, 15) is 9.90 Å². The Hall–Kier alpha value is -2.53. The number of carbonyl (C=O) groups is 1. The minimum Gasteiger partial charge on any atom is -0.508 e. The molecule has 0 bridgehead atoms. The molecule has 1 atom stereocenters. The van der Waals surface area contributed by atoms with E-state index in [4.69, 9.17) is 4.74 Å². The second-order valence-electron chi connectivity index (χ2n) is 8.61. The van der Waals surface area contributed by atoms with Crippen LogP contribution in [-0.2, 0) is 4.79 Å². The fourth-order valence-corrected chi connectivity index (χ4v) is 4.85. The molecular weight excluding hydrogens is 364 g/mol. The monoisotopic (exact) mass is 394 g/mol. The van der Waals surface area contributed by atoms with Gasteiger partial charge in [-0.3, -0.25) is 9.69 Å². The molecule has 2 aromatic carbocycles. The quantitative estimate of drug-likeness (QED) is 0.837. The summed E-state index contributed by atoms with van der Waals surface area (Å²) in [5, 5.41) is 9.67. The SMILES string of the molecule is CC(C)N1CC2(CCN(C(=O)COc3ccccc3)CC2)C1c1ccc(O)cc1. The predicted octanol–water partition coefficient (Wildman–Crippen LogP) is 3.85. The molecule has 29 heavy (non-hydrogen) atoms. The molecule has 1 spiro atoms. The molecule has 0 saturated carbocycles. The summed E-state index contributed by atoms with van der Waals surface area (Å²) in [6.45, 7) is 7.18. The summed E-state index contributed by atoms with van der Waals surface area (Å²) < 4.78 is 5.64. The largest absolute Gasteiger partial charge is 0.508 e. The molecule has 2 saturated heterocycles. The summed E-state index contributed by atoms with van der Waals surface area (Å²) in [7, 11) is 0. The van der Waals surface area contributed by atoms with Crippen molar-refractivity contribution in [2.45, 2.75) is 38.8 Å². The molecule has 2 aliphatic rings. The van der Waals surface area contributed by atoms with Crippen molar-refractivity contribution in [2.24, 2.45) is 5.41 Å². The van der Waals surface area contributed by atoms with E-state index < -0.39 is 0 Å². The molecule has 0 radical (unpaired) electrons. The number of rotatable bonds is 5. The van der Waals surface area contributed by atoms with Crippen LogP contribution in [0.15, 0.2) is 54.6 Å². The van der Waals surface area contributed by atoms with Gasteiger partial charge in [0.25, 0.3) is 5.91 Å². The average Bonchev–Trinajstić information content (AvgIpc) is 2.73. The van der Waals surface area contributed by atoms with Crippen LogP contribution >= 0.6 is 0 Å². The predicted molar refractivity (Wildman–Crippen MR) is 113 cm³/mol. The molecule has 4 rings (SSSR count).